The molecule has 0 saturated carbocycles. The molecule has 0 fully saturated rings. The summed E-state index contributed by atoms with van der Waals surface area (Å²) >= 11 is 5.57. The van der Waals surface area contributed by atoms with E-state index in [9.17, 15) is 0 Å². The van der Waals surface area contributed by atoms with Crippen molar-refractivity contribution in [1.82, 2.24) is 0 Å². The lowest BCUT2D eigenvalue weighted by Gasteiger charge is -1.98. The molecular formula is C4H12ClO2Si+. The second-order valence-electron chi connectivity index (χ2n) is 1.51. The zero-order valence-electron chi connectivity index (χ0n) is 5.44. The topological polar surface area (TPSA) is 29.5 Å². The summed E-state index contributed by atoms with van der Waals surface area (Å²) < 4.78 is 4.59. The van der Waals surface area contributed by atoms with Crippen molar-refractivity contribution in [3.05, 3.63) is 7.11 Å². The summed E-state index contributed by atoms with van der Waals surface area (Å²) in [4.78, 5) is 0. The maximum Gasteiger partial charge on any atom is 0.347 e. The van der Waals surface area contributed by atoms with Crippen LogP contribution in [0.5, 0.6) is 0 Å². The van der Waals surface area contributed by atoms with Crippen molar-refractivity contribution >= 4 is 18.7 Å². The van der Waals surface area contributed by atoms with Gasteiger partial charge in [-0.1, -0.05) is 0 Å². The predicted molar refractivity (Wildman–Crippen MR) is 37.9 cm³/mol. The van der Waals surface area contributed by atoms with E-state index in [1.165, 1.54) is 0 Å². The van der Waals surface area contributed by atoms with Crippen molar-refractivity contribution in [2.45, 2.75) is 13.1 Å². The number of hydrogen-bond acceptors (Lipinski definition) is 2. The molecule has 1 N–H and O–H groups in total. The smallest absolute Gasteiger partial charge is 0.347 e. The molecule has 2 nitrogen and oxygen atoms in total. The molecule has 0 aliphatic carbocycles. The van der Waals surface area contributed by atoms with Gasteiger partial charge in [-0.2, -0.15) is 0 Å². The van der Waals surface area contributed by atoms with E-state index in [0.29, 0.717) is 0 Å². The molecule has 0 heterocycles. The minimum Gasteiger partial charge on any atom is -0.400 e. The maximum atomic E-state index is 7.00. The van der Waals surface area contributed by atoms with Gasteiger partial charge in [0.2, 0.25) is 0 Å². The number of rotatable bonds is 1. The molecule has 0 aromatic heterocycles. The van der Waals surface area contributed by atoms with Crippen LogP contribution in [0.3, 0.4) is 0 Å². The highest BCUT2D eigenvalue weighted by atomic mass is 35.6. The van der Waals surface area contributed by atoms with E-state index in [4.69, 9.17) is 16.2 Å². The van der Waals surface area contributed by atoms with E-state index in [2.05, 4.69) is 11.5 Å². The highest BCUT2D eigenvalue weighted by Gasteiger charge is 2.20. The lowest BCUT2D eigenvalue weighted by Crippen LogP contribution is -2.17. The van der Waals surface area contributed by atoms with E-state index in [-0.39, 0.29) is 0 Å². The zero-order chi connectivity index (χ0) is 7.21. The normalized spacial score (nSPS) is 9.62. The van der Waals surface area contributed by atoms with Crippen molar-refractivity contribution in [2.75, 3.05) is 7.11 Å². The first-order chi connectivity index (χ1) is 3.56. The molecule has 0 radical (unpaired) electrons. The Morgan fingerprint density at radius 3 is 1.62 bits per heavy atom. The number of halogens is 1. The number of hydrogen-bond donors (Lipinski definition) is 1. The third-order valence-corrected chi connectivity index (χ3v) is 1.36. The fourth-order valence-electron chi connectivity index (χ4n) is 0. The lowest BCUT2D eigenvalue weighted by atomic mass is 11.8. The highest BCUT2D eigenvalue weighted by Crippen LogP contribution is 2.06. The van der Waals surface area contributed by atoms with Gasteiger partial charge in [0.15, 0.2) is 7.11 Å². The monoisotopic (exact) mass is 155 g/mol. The molecule has 0 amide bonds. The van der Waals surface area contributed by atoms with Crippen LogP contribution >= 0.6 is 11.1 Å². The molecule has 50 valence electrons. The Balaban J connectivity index is 0. The zero-order valence-corrected chi connectivity index (χ0v) is 7.20. The summed E-state index contributed by atoms with van der Waals surface area (Å²) in [5, 5.41) is 7.00. The molecular weight excluding hydrogens is 144 g/mol. The third kappa shape index (κ3) is 16.3. The van der Waals surface area contributed by atoms with Gasteiger partial charge in [0.05, 0.1) is 0 Å². The van der Waals surface area contributed by atoms with Gasteiger partial charge in [0, 0.05) is 7.11 Å². The van der Waals surface area contributed by atoms with E-state index >= 15 is 0 Å². The SMILES string of the molecule is CO.[CH2+]O[Si](C)(C)Cl. The Bertz CT molecular complexity index is 43.8. The van der Waals surface area contributed by atoms with E-state index in [1.807, 2.05) is 13.1 Å². The Morgan fingerprint density at radius 1 is 1.50 bits per heavy atom. The van der Waals surface area contributed by atoms with Gasteiger partial charge >= 0.3 is 7.63 Å². The minimum absolute atomic E-state index is 1.00. The second kappa shape index (κ2) is 5.43. The molecule has 0 unspecified atom stereocenters. The Kier molecular flexibility index (Phi) is 7.57. The van der Waals surface area contributed by atoms with Crippen LogP contribution < -0.4 is 0 Å². The first-order valence-corrected chi connectivity index (χ1v) is 6.05. The van der Waals surface area contributed by atoms with Gasteiger partial charge in [0.1, 0.15) is 0 Å². The molecule has 0 saturated heterocycles. The van der Waals surface area contributed by atoms with Gasteiger partial charge in [-0.15, -0.1) is 11.1 Å². The number of aliphatic hydroxyl groups is 1. The summed E-state index contributed by atoms with van der Waals surface area (Å²) in [5.74, 6) is 0. The van der Waals surface area contributed by atoms with Crippen molar-refractivity contribution in [3.63, 3.8) is 0 Å². The van der Waals surface area contributed by atoms with Crippen molar-refractivity contribution in [2.24, 2.45) is 0 Å². The van der Waals surface area contributed by atoms with Crippen molar-refractivity contribution in [1.29, 1.82) is 0 Å². The lowest BCUT2D eigenvalue weighted by molar-refractivity contribution is 0.399. The van der Waals surface area contributed by atoms with Gasteiger partial charge in [0.25, 0.3) is 0 Å². The largest absolute Gasteiger partial charge is 0.400 e. The fourth-order valence-corrected chi connectivity index (χ4v) is 0. The fraction of sp³-hybridized carbons (Fsp3) is 0.750. The molecule has 0 rings (SSSR count). The van der Waals surface area contributed by atoms with Crippen molar-refractivity contribution < 1.29 is 9.53 Å². The molecule has 0 spiro atoms. The Labute approximate surface area is 56.3 Å². The molecule has 8 heavy (non-hydrogen) atoms. The standard InChI is InChI=1S/C3H8ClOSi.CH4O/c1-5-6(2,3)4;1-2/h1H2,2-3H3;2H,1H3/q+1;. The summed E-state index contributed by atoms with van der Waals surface area (Å²) in [6.07, 6.45) is 0. The highest BCUT2D eigenvalue weighted by molar-refractivity contribution is 7.15. The molecule has 0 aliphatic rings. The second-order valence-corrected chi connectivity index (χ2v) is 7.25. The first-order valence-electron chi connectivity index (χ1n) is 2.13. The molecule has 0 bridgehead atoms. The molecule has 4 heteroatoms. The molecule has 0 atom stereocenters. The third-order valence-electron chi connectivity index (χ3n) is 0.343. The van der Waals surface area contributed by atoms with Gasteiger partial charge < -0.3 is 5.11 Å². The minimum atomic E-state index is -1.77. The van der Waals surface area contributed by atoms with E-state index in [0.717, 1.165) is 7.11 Å². The predicted octanol–water partition coefficient (Wildman–Crippen LogP) is 1.34. The van der Waals surface area contributed by atoms with Gasteiger partial charge in [-0.25, -0.2) is 4.43 Å². The Morgan fingerprint density at radius 2 is 1.62 bits per heavy atom. The molecule has 0 aliphatic heterocycles. The summed E-state index contributed by atoms with van der Waals surface area (Å²) in [6, 6.07) is 0. The van der Waals surface area contributed by atoms with Crippen LogP contribution in [0, 0.1) is 7.11 Å². The average molecular weight is 156 g/mol. The summed E-state index contributed by atoms with van der Waals surface area (Å²) in [6.45, 7) is 3.73. The van der Waals surface area contributed by atoms with Crippen LogP contribution in [-0.2, 0) is 4.43 Å². The van der Waals surface area contributed by atoms with Crippen LogP contribution in [0.25, 0.3) is 0 Å². The summed E-state index contributed by atoms with van der Waals surface area (Å²) in [7, 11) is 2.42. The Hall–Kier alpha value is 0.297. The molecule has 0 aromatic carbocycles. The quantitative estimate of drug-likeness (QED) is 0.352. The maximum absolute atomic E-state index is 7.00. The van der Waals surface area contributed by atoms with Crippen LogP contribution in [0.4, 0.5) is 0 Å². The average Bonchev–Trinajstić information content (AvgIpc) is 1.71. The van der Waals surface area contributed by atoms with Crippen LogP contribution in [0.15, 0.2) is 0 Å². The van der Waals surface area contributed by atoms with Gasteiger partial charge in [-0.3, -0.25) is 0 Å². The summed E-state index contributed by atoms with van der Waals surface area (Å²) in [5.41, 5.74) is 0. The number of aliphatic hydroxyl groups excluding tert-OH is 1. The van der Waals surface area contributed by atoms with Crippen molar-refractivity contribution in [3.8, 4) is 0 Å². The van der Waals surface area contributed by atoms with Gasteiger partial charge in [-0.05, 0) is 13.1 Å². The van der Waals surface area contributed by atoms with E-state index in [1.54, 1.807) is 0 Å². The van der Waals surface area contributed by atoms with Crippen LogP contribution in [0.1, 0.15) is 0 Å². The molecule has 0 aromatic rings. The van der Waals surface area contributed by atoms with Crippen LogP contribution in [0.2, 0.25) is 13.1 Å². The van der Waals surface area contributed by atoms with Crippen LogP contribution in [-0.4, -0.2) is 19.8 Å². The van der Waals surface area contributed by atoms with E-state index < -0.39 is 7.63 Å². The first kappa shape index (κ1) is 11.1.